The van der Waals surface area contributed by atoms with Gasteiger partial charge in [0.2, 0.25) is 0 Å². The topological polar surface area (TPSA) is 13.1 Å². The molecule has 6 aromatic rings. The second-order valence-electron chi connectivity index (χ2n) is 8.88. The lowest BCUT2D eigenvalue weighted by Gasteiger charge is -2.27. The van der Waals surface area contributed by atoms with Crippen molar-refractivity contribution >= 4 is 47.1 Å². The van der Waals surface area contributed by atoms with Crippen LogP contribution in [-0.2, 0) is 0 Å². The molecule has 0 radical (unpaired) electrons. The third kappa shape index (κ3) is 5.96. The number of hydrogen-bond donors (Lipinski definition) is 0. The highest BCUT2D eigenvalue weighted by Gasteiger charge is 2.51. The van der Waals surface area contributed by atoms with E-state index in [1.54, 1.807) is 11.3 Å². The summed E-state index contributed by atoms with van der Waals surface area (Å²) in [7, 11) is -8.28. The van der Waals surface area contributed by atoms with Crippen LogP contribution in [0.5, 0.6) is 0 Å². The molecular weight excluding hydrogens is 550 g/mol. The minimum atomic E-state index is -6.00. The van der Waals surface area contributed by atoms with Gasteiger partial charge in [0.05, 0.1) is 0 Å². The smallest absolute Gasteiger partial charge is 0.452 e. The molecule has 200 valence electrons. The van der Waals surface area contributed by atoms with Crippen molar-refractivity contribution < 1.29 is 21.7 Å². The van der Waals surface area contributed by atoms with E-state index in [0.717, 1.165) is 22.6 Å². The molecule has 8 heteroatoms. The average Bonchev–Trinajstić information content (AvgIpc) is 3.66. The van der Waals surface area contributed by atoms with Gasteiger partial charge in [-0.1, -0.05) is 84.9 Å². The van der Waals surface area contributed by atoms with Crippen LogP contribution in [-0.4, -0.2) is 7.25 Å². The Bertz CT molecular complexity index is 1520. The summed E-state index contributed by atoms with van der Waals surface area (Å²) in [6, 6.07) is 47.8. The van der Waals surface area contributed by atoms with Gasteiger partial charge in [0.25, 0.3) is 0 Å². The third-order valence-corrected chi connectivity index (χ3v) is 11.3. The Balaban J connectivity index is 0.000000595. The van der Waals surface area contributed by atoms with Crippen LogP contribution in [0.3, 0.4) is 0 Å². The molecule has 0 atom stereocenters. The molecule has 0 bridgehead atoms. The molecular formula is C32H24BF4OPS. The van der Waals surface area contributed by atoms with Gasteiger partial charge in [-0.15, -0.1) is 0 Å². The number of halogens is 4. The van der Waals surface area contributed by atoms with Crippen LogP contribution in [0.25, 0.3) is 22.6 Å². The van der Waals surface area contributed by atoms with Crippen LogP contribution in [0.2, 0.25) is 0 Å². The van der Waals surface area contributed by atoms with E-state index < -0.39 is 14.5 Å². The maximum absolute atomic E-state index is 9.75. The van der Waals surface area contributed by atoms with Gasteiger partial charge in [0.1, 0.15) is 28.9 Å². The fourth-order valence-electron chi connectivity index (χ4n) is 4.79. The highest BCUT2D eigenvalue weighted by atomic mass is 32.1. The summed E-state index contributed by atoms with van der Waals surface area (Å²) in [6.45, 7) is 0. The Morgan fingerprint density at radius 3 is 1.38 bits per heavy atom. The molecule has 0 unspecified atom stereocenters. The normalized spacial score (nSPS) is 11.5. The Labute approximate surface area is 235 Å². The van der Waals surface area contributed by atoms with Crippen LogP contribution < -0.4 is 21.2 Å². The Morgan fingerprint density at radius 2 is 0.975 bits per heavy atom. The fourth-order valence-corrected chi connectivity index (χ4v) is 9.82. The third-order valence-electron chi connectivity index (χ3n) is 6.35. The van der Waals surface area contributed by atoms with Gasteiger partial charge in [0, 0.05) is 22.6 Å². The van der Waals surface area contributed by atoms with E-state index in [9.17, 15) is 17.3 Å². The first-order valence-electron chi connectivity index (χ1n) is 12.5. The molecule has 0 N–H and O–H groups in total. The van der Waals surface area contributed by atoms with Crippen molar-refractivity contribution in [1.82, 2.24) is 0 Å². The van der Waals surface area contributed by atoms with Crippen LogP contribution in [0, 0.1) is 0 Å². The van der Waals surface area contributed by atoms with E-state index in [4.69, 9.17) is 4.42 Å². The maximum Gasteiger partial charge on any atom is 0.673 e. The van der Waals surface area contributed by atoms with E-state index in [0.29, 0.717) is 0 Å². The minimum Gasteiger partial charge on any atom is -0.452 e. The standard InChI is InChI=1S/C32H24OPS.BF4/c1-5-13-25(14-6-1)32-31(23-30(33-32)26-21-22-35-24-26)34(27-15-7-2-8-16-27,28-17-9-3-10-18-28)29-19-11-4-12-20-29;2-1(3,4)5/h1-24H;/q+1;-1. The monoisotopic (exact) mass is 574 g/mol. The maximum atomic E-state index is 9.75. The van der Waals surface area contributed by atoms with E-state index >= 15 is 0 Å². The van der Waals surface area contributed by atoms with Gasteiger partial charge >= 0.3 is 7.25 Å². The van der Waals surface area contributed by atoms with Crippen molar-refractivity contribution in [1.29, 1.82) is 0 Å². The first-order valence-corrected chi connectivity index (χ1v) is 15.3. The zero-order valence-corrected chi connectivity index (χ0v) is 22.9. The van der Waals surface area contributed by atoms with Gasteiger partial charge in [-0.25, -0.2) is 0 Å². The van der Waals surface area contributed by atoms with E-state index in [1.165, 1.54) is 21.2 Å². The predicted octanol–water partition coefficient (Wildman–Crippen LogP) is 8.59. The summed E-state index contributed by atoms with van der Waals surface area (Å²) < 4.78 is 45.8. The Morgan fingerprint density at radius 1 is 0.550 bits per heavy atom. The zero-order chi connectivity index (χ0) is 28.0. The van der Waals surface area contributed by atoms with Crippen molar-refractivity contribution in [3.8, 4) is 22.6 Å². The zero-order valence-electron chi connectivity index (χ0n) is 21.2. The molecule has 2 aromatic heterocycles. The number of hydrogen-bond acceptors (Lipinski definition) is 2. The molecule has 1 nitrogen and oxygen atoms in total. The van der Waals surface area contributed by atoms with Crippen molar-refractivity contribution in [3.63, 3.8) is 0 Å². The number of furan rings is 1. The minimum absolute atomic E-state index is 0.910. The van der Waals surface area contributed by atoms with Crippen molar-refractivity contribution in [2.24, 2.45) is 0 Å². The van der Waals surface area contributed by atoms with Gasteiger partial charge in [-0.05, 0) is 47.8 Å². The van der Waals surface area contributed by atoms with E-state index in [-0.39, 0.29) is 0 Å². The first-order chi connectivity index (χ1) is 19.4. The summed E-state index contributed by atoms with van der Waals surface area (Å²) in [6.07, 6.45) is 0. The molecule has 40 heavy (non-hydrogen) atoms. The highest BCUT2D eigenvalue weighted by molar-refractivity contribution is 8.01. The van der Waals surface area contributed by atoms with E-state index in [1.807, 2.05) is 0 Å². The first kappa shape index (κ1) is 27.6. The predicted molar refractivity (Wildman–Crippen MR) is 162 cm³/mol. The Kier molecular flexibility index (Phi) is 8.34. The Hall–Kier alpha value is -3.93. The van der Waals surface area contributed by atoms with Crippen molar-refractivity contribution in [2.75, 3.05) is 0 Å². The summed E-state index contributed by atoms with van der Waals surface area (Å²) >= 11 is 1.69. The molecule has 0 saturated carbocycles. The molecule has 0 aliphatic carbocycles. The molecule has 4 aromatic carbocycles. The lowest BCUT2D eigenvalue weighted by atomic mass is 10.2. The van der Waals surface area contributed by atoms with Crippen molar-refractivity contribution in [3.05, 3.63) is 144 Å². The molecule has 0 aliphatic rings. The lowest BCUT2D eigenvalue weighted by Crippen LogP contribution is -2.38. The summed E-state index contributed by atoms with van der Waals surface area (Å²) in [4.78, 5) is 0. The average molecular weight is 574 g/mol. The summed E-state index contributed by atoms with van der Waals surface area (Å²) in [5.41, 5.74) is 2.21. The van der Waals surface area contributed by atoms with E-state index in [2.05, 4.69) is 144 Å². The van der Waals surface area contributed by atoms with Crippen LogP contribution in [0.15, 0.2) is 149 Å². The van der Waals surface area contributed by atoms with Crippen LogP contribution in [0.4, 0.5) is 17.3 Å². The summed E-state index contributed by atoms with van der Waals surface area (Å²) in [5.74, 6) is 1.85. The molecule has 2 heterocycles. The van der Waals surface area contributed by atoms with Gasteiger partial charge in [-0.2, -0.15) is 11.3 Å². The second kappa shape index (κ2) is 12.1. The van der Waals surface area contributed by atoms with Crippen LogP contribution in [0.1, 0.15) is 0 Å². The van der Waals surface area contributed by atoms with Crippen molar-refractivity contribution in [2.45, 2.75) is 0 Å². The van der Waals surface area contributed by atoms with Gasteiger partial charge in [0.15, 0.2) is 11.1 Å². The fraction of sp³-hybridized carbons (Fsp3) is 0. The highest BCUT2D eigenvalue weighted by Crippen LogP contribution is 2.57. The second-order valence-corrected chi connectivity index (χ2v) is 13.0. The number of thiophene rings is 1. The number of rotatable bonds is 6. The lowest BCUT2D eigenvalue weighted by molar-refractivity contribution is 0.368. The molecule has 0 spiro atoms. The number of benzene rings is 4. The largest absolute Gasteiger partial charge is 0.673 e. The molecule has 0 aliphatic heterocycles. The van der Waals surface area contributed by atoms with Crippen LogP contribution >= 0.6 is 18.6 Å². The molecule has 0 amide bonds. The quantitative estimate of drug-likeness (QED) is 0.110. The molecule has 6 rings (SSSR count). The van der Waals surface area contributed by atoms with Gasteiger partial charge in [-0.3, -0.25) is 0 Å². The summed E-state index contributed by atoms with van der Waals surface area (Å²) in [5, 5.41) is 9.44. The van der Waals surface area contributed by atoms with Gasteiger partial charge < -0.3 is 21.7 Å². The molecule has 0 saturated heterocycles. The SMILES string of the molecule is F[B-](F)(F)F.c1ccc(-c2oc(-c3ccsc3)cc2[P+](c2ccccc2)(c2ccccc2)c2ccccc2)cc1. The molecule has 0 fully saturated rings.